The molecule has 4 atom stereocenters. The van der Waals surface area contributed by atoms with Crippen molar-refractivity contribution in [1.82, 2.24) is 16.0 Å². The van der Waals surface area contributed by atoms with E-state index in [2.05, 4.69) is 25.9 Å². The highest BCUT2D eigenvalue weighted by molar-refractivity contribution is 5.94. The summed E-state index contributed by atoms with van der Waals surface area (Å²) >= 11 is 0. The smallest absolute Gasteiger partial charge is 0.326 e. The molecule has 0 radical (unpaired) electrons. The number of hydrogen-bond acceptors (Lipinski definition) is 9. The molecular formula is C21H43N11O6. The zero-order valence-corrected chi connectivity index (χ0v) is 21.5. The largest absolute Gasteiger partial charge is 0.480 e. The Balaban J connectivity index is 5.37. The normalized spacial score (nSPS) is 13.8. The van der Waals surface area contributed by atoms with Crippen LogP contribution in [0.3, 0.4) is 0 Å². The molecule has 3 amide bonds. The molecule has 0 bridgehead atoms. The van der Waals surface area contributed by atoms with E-state index in [-0.39, 0.29) is 50.7 Å². The molecule has 0 aromatic carbocycles. The molecule has 17 heteroatoms. The number of unbranched alkanes of at least 4 members (excludes halogenated alkanes) is 1. The second-order valence-electron chi connectivity index (χ2n) is 8.49. The van der Waals surface area contributed by atoms with Gasteiger partial charge in [-0.05, 0) is 45.1 Å². The number of carbonyl (C=O) groups excluding carboxylic acids is 3. The number of aliphatic hydroxyl groups is 1. The van der Waals surface area contributed by atoms with Gasteiger partial charge in [0.2, 0.25) is 17.7 Å². The first-order valence-corrected chi connectivity index (χ1v) is 12.2. The molecule has 218 valence electrons. The van der Waals surface area contributed by atoms with E-state index < -0.39 is 54.5 Å². The Morgan fingerprint density at radius 1 is 0.684 bits per heavy atom. The third-order valence-electron chi connectivity index (χ3n) is 5.26. The minimum atomic E-state index is -1.40. The topological polar surface area (TPSA) is 326 Å². The number of hydrogen-bond donors (Lipinski definition) is 11. The van der Waals surface area contributed by atoms with E-state index in [0.29, 0.717) is 25.8 Å². The van der Waals surface area contributed by atoms with Gasteiger partial charge >= 0.3 is 5.97 Å². The fourth-order valence-corrected chi connectivity index (χ4v) is 3.19. The number of nitrogens with zero attached hydrogens (tertiary/aromatic N) is 2. The van der Waals surface area contributed by atoms with E-state index in [1.165, 1.54) is 0 Å². The van der Waals surface area contributed by atoms with Crippen molar-refractivity contribution in [3.05, 3.63) is 0 Å². The molecule has 0 aromatic rings. The molecule has 38 heavy (non-hydrogen) atoms. The number of nitrogens with two attached hydrogens (primary N) is 6. The van der Waals surface area contributed by atoms with Crippen molar-refractivity contribution in [3.8, 4) is 0 Å². The molecule has 17 nitrogen and oxygen atoms in total. The number of carboxylic acids is 1. The summed E-state index contributed by atoms with van der Waals surface area (Å²) in [6, 6.07) is -4.82. The Kier molecular flexibility index (Phi) is 17.5. The standard InChI is InChI=1S/C21H43N11O6/c22-8-2-1-5-12(23)16(34)32-15(11-33)18(36)30-13(6-3-9-28-20(24)25)17(35)31-14(19(37)38)7-4-10-29-21(26)27/h12-15,33H,1-11,22-23H2,(H,30,36)(H,31,35)(H,32,34)(H,37,38)(H4,24,25,28)(H4,26,27,29)/t12-,13-,14-,15-/m0/s1. The maximum atomic E-state index is 12.9. The van der Waals surface area contributed by atoms with Crippen LogP contribution in [0, 0.1) is 0 Å². The van der Waals surface area contributed by atoms with Gasteiger partial charge in [-0.2, -0.15) is 0 Å². The lowest BCUT2D eigenvalue weighted by Gasteiger charge is -2.24. The third-order valence-corrected chi connectivity index (χ3v) is 5.26. The quantitative estimate of drug-likeness (QED) is 0.0389. The first-order chi connectivity index (χ1) is 17.9. The van der Waals surface area contributed by atoms with Crippen LogP contribution in [-0.4, -0.2) is 96.2 Å². The summed E-state index contributed by atoms with van der Waals surface area (Å²) in [5.74, 6) is -3.91. The Bertz CT molecular complexity index is 815. The predicted molar refractivity (Wildman–Crippen MR) is 141 cm³/mol. The fraction of sp³-hybridized carbons (Fsp3) is 0.714. The van der Waals surface area contributed by atoms with Crippen LogP contribution in [0.25, 0.3) is 0 Å². The molecule has 0 rings (SSSR count). The van der Waals surface area contributed by atoms with Gasteiger partial charge in [-0.1, -0.05) is 6.42 Å². The molecule has 0 aliphatic rings. The zero-order valence-electron chi connectivity index (χ0n) is 21.5. The van der Waals surface area contributed by atoms with Gasteiger partial charge in [0.05, 0.1) is 12.6 Å². The van der Waals surface area contributed by atoms with Gasteiger partial charge in [0.15, 0.2) is 11.9 Å². The van der Waals surface area contributed by atoms with Crippen LogP contribution in [0.15, 0.2) is 9.98 Å². The molecule has 0 aliphatic heterocycles. The van der Waals surface area contributed by atoms with Gasteiger partial charge in [-0.15, -0.1) is 0 Å². The average molecular weight is 546 g/mol. The van der Waals surface area contributed by atoms with Crippen molar-refractivity contribution < 1.29 is 29.4 Å². The van der Waals surface area contributed by atoms with Gasteiger partial charge in [0.25, 0.3) is 0 Å². The minimum absolute atomic E-state index is 0.0177. The summed E-state index contributed by atoms with van der Waals surface area (Å²) in [4.78, 5) is 57.3. The number of guanidine groups is 2. The van der Waals surface area contributed by atoms with Gasteiger partial charge in [-0.3, -0.25) is 24.4 Å². The van der Waals surface area contributed by atoms with Crippen LogP contribution in [-0.2, 0) is 19.2 Å². The average Bonchev–Trinajstić information content (AvgIpc) is 2.85. The second kappa shape index (κ2) is 19.4. The van der Waals surface area contributed by atoms with E-state index in [1.807, 2.05) is 0 Å². The highest BCUT2D eigenvalue weighted by atomic mass is 16.4. The number of nitrogens with one attached hydrogen (secondary N) is 3. The molecule has 0 heterocycles. The first-order valence-electron chi connectivity index (χ1n) is 12.2. The van der Waals surface area contributed by atoms with E-state index in [1.54, 1.807) is 0 Å². The van der Waals surface area contributed by atoms with Crippen molar-refractivity contribution in [1.29, 1.82) is 0 Å². The summed E-state index contributed by atoms with van der Waals surface area (Å²) in [5, 5.41) is 26.3. The number of aliphatic carboxylic acids is 1. The maximum absolute atomic E-state index is 12.9. The molecule has 0 aliphatic carbocycles. The maximum Gasteiger partial charge on any atom is 0.326 e. The first kappa shape index (κ1) is 34.3. The van der Waals surface area contributed by atoms with Crippen LogP contribution >= 0.6 is 0 Å². The Morgan fingerprint density at radius 2 is 1.16 bits per heavy atom. The number of carbonyl (C=O) groups is 4. The second-order valence-corrected chi connectivity index (χ2v) is 8.49. The predicted octanol–water partition coefficient (Wildman–Crippen LogP) is -4.92. The summed E-state index contributed by atoms with van der Waals surface area (Å²) < 4.78 is 0. The molecule has 17 N–H and O–H groups in total. The summed E-state index contributed by atoms with van der Waals surface area (Å²) in [7, 11) is 0. The lowest BCUT2D eigenvalue weighted by molar-refractivity contribution is -0.142. The van der Waals surface area contributed by atoms with Crippen molar-refractivity contribution in [3.63, 3.8) is 0 Å². The third kappa shape index (κ3) is 15.4. The summed E-state index contributed by atoms with van der Waals surface area (Å²) in [6.45, 7) is -0.0206. The van der Waals surface area contributed by atoms with Crippen molar-refractivity contribution >= 4 is 35.6 Å². The molecular weight excluding hydrogens is 502 g/mol. The van der Waals surface area contributed by atoms with Crippen molar-refractivity contribution in [2.75, 3.05) is 26.2 Å². The lowest BCUT2D eigenvalue weighted by Crippen LogP contribution is -2.58. The van der Waals surface area contributed by atoms with E-state index >= 15 is 0 Å². The van der Waals surface area contributed by atoms with Crippen molar-refractivity contribution in [2.24, 2.45) is 44.4 Å². The number of aliphatic imine (C=N–C) groups is 2. The van der Waals surface area contributed by atoms with Gasteiger partial charge < -0.3 is 60.6 Å². The summed E-state index contributed by atoms with van der Waals surface area (Å²) in [6.07, 6.45) is 2.17. The molecule has 0 spiro atoms. The number of rotatable bonds is 20. The Labute approximate surface area is 221 Å². The van der Waals surface area contributed by atoms with E-state index in [9.17, 15) is 29.4 Å². The number of amides is 3. The van der Waals surface area contributed by atoms with Crippen LogP contribution in [0.5, 0.6) is 0 Å². The van der Waals surface area contributed by atoms with Gasteiger partial charge in [-0.25, -0.2) is 4.79 Å². The minimum Gasteiger partial charge on any atom is -0.480 e. The SMILES string of the molecule is NCCCC[C@H](N)C(=O)N[C@@H](CO)C(=O)N[C@@H](CCCN=C(N)N)C(=O)N[C@@H](CCCN=C(N)N)C(=O)O. The molecule has 0 saturated heterocycles. The summed E-state index contributed by atoms with van der Waals surface area (Å²) in [5.41, 5.74) is 32.3. The molecule has 0 unspecified atom stereocenters. The van der Waals surface area contributed by atoms with E-state index in [4.69, 9.17) is 34.4 Å². The number of carboxylic acid groups (broad SMARTS) is 1. The highest BCUT2D eigenvalue weighted by Gasteiger charge is 2.29. The monoisotopic (exact) mass is 545 g/mol. The van der Waals surface area contributed by atoms with E-state index in [0.717, 1.165) is 0 Å². The zero-order chi connectivity index (χ0) is 29.1. The highest BCUT2D eigenvalue weighted by Crippen LogP contribution is 2.05. The van der Waals surface area contributed by atoms with Crippen LogP contribution in [0.2, 0.25) is 0 Å². The molecule has 0 saturated carbocycles. The van der Waals surface area contributed by atoms with Crippen LogP contribution in [0.1, 0.15) is 44.9 Å². The Hall–Kier alpha value is -3.70. The number of aliphatic hydroxyl groups excluding tert-OH is 1. The molecule has 0 aromatic heterocycles. The Morgan fingerprint density at radius 3 is 1.63 bits per heavy atom. The van der Waals surface area contributed by atoms with Crippen LogP contribution < -0.4 is 50.4 Å². The van der Waals surface area contributed by atoms with Gasteiger partial charge in [0, 0.05) is 13.1 Å². The lowest BCUT2D eigenvalue weighted by atomic mass is 10.1. The fourth-order valence-electron chi connectivity index (χ4n) is 3.19. The molecule has 0 fully saturated rings. The van der Waals surface area contributed by atoms with Gasteiger partial charge in [0.1, 0.15) is 18.1 Å². The van der Waals surface area contributed by atoms with Crippen molar-refractivity contribution in [2.45, 2.75) is 69.1 Å². The van der Waals surface area contributed by atoms with Crippen LogP contribution in [0.4, 0.5) is 0 Å².